The van der Waals surface area contributed by atoms with E-state index in [1.807, 2.05) is 41.8 Å². The lowest BCUT2D eigenvalue weighted by Gasteiger charge is -2.05. The van der Waals surface area contributed by atoms with E-state index >= 15 is 0 Å². The molecule has 3 rings (SSSR count). The zero-order valence-corrected chi connectivity index (χ0v) is 14.4. The third-order valence-electron chi connectivity index (χ3n) is 3.81. The van der Waals surface area contributed by atoms with Crippen LogP contribution in [0.2, 0.25) is 0 Å². The van der Waals surface area contributed by atoms with Gasteiger partial charge in [0.05, 0.1) is 5.69 Å². The molecule has 4 heteroatoms. The number of aromatic nitrogens is 1. The molecule has 0 radical (unpaired) electrons. The molecule has 0 aliphatic rings. The highest BCUT2D eigenvalue weighted by Crippen LogP contribution is 2.26. The van der Waals surface area contributed by atoms with Crippen molar-refractivity contribution in [3.05, 3.63) is 76.2 Å². The SMILES string of the molecule is Cc1ccc(N/C=C(\C#N)c2nc(-c3ccccc3)cs2)cc1C. The fraction of sp³-hybridized carbons (Fsp3) is 0.100. The Morgan fingerprint density at radius 1 is 1.12 bits per heavy atom. The molecule has 0 atom stereocenters. The lowest BCUT2D eigenvalue weighted by Crippen LogP contribution is -1.92. The Kier molecular flexibility index (Phi) is 4.74. The van der Waals surface area contributed by atoms with Crippen LogP contribution in [0.4, 0.5) is 5.69 Å². The zero-order valence-electron chi connectivity index (χ0n) is 13.6. The van der Waals surface area contributed by atoms with Crippen molar-refractivity contribution in [3.63, 3.8) is 0 Å². The van der Waals surface area contributed by atoms with Crippen LogP contribution in [0.25, 0.3) is 16.8 Å². The molecule has 0 spiro atoms. The molecule has 1 heterocycles. The van der Waals surface area contributed by atoms with E-state index in [1.54, 1.807) is 6.20 Å². The minimum atomic E-state index is 0.528. The van der Waals surface area contributed by atoms with Crippen LogP contribution < -0.4 is 5.32 Å². The van der Waals surface area contributed by atoms with Gasteiger partial charge in [-0.1, -0.05) is 36.4 Å². The van der Waals surface area contributed by atoms with Crippen molar-refractivity contribution >= 4 is 22.6 Å². The number of nitrogens with one attached hydrogen (secondary N) is 1. The highest BCUT2D eigenvalue weighted by atomic mass is 32.1. The standard InChI is InChI=1S/C20H17N3S/c1-14-8-9-18(10-15(14)2)22-12-17(11-21)20-23-19(13-24-20)16-6-4-3-5-7-16/h3-10,12-13,22H,1-2H3/b17-12+. The highest BCUT2D eigenvalue weighted by Gasteiger charge is 2.08. The molecular weight excluding hydrogens is 314 g/mol. The van der Waals surface area contributed by atoms with Gasteiger partial charge in [-0.25, -0.2) is 4.98 Å². The average molecular weight is 331 g/mol. The molecular formula is C20H17N3S. The molecule has 1 aromatic heterocycles. The molecule has 2 aromatic carbocycles. The molecule has 0 fully saturated rings. The predicted molar refractivity (Wildman–Crippen MR) is 101 cm³/mol. The van der Waals surface area contributed by atoms with Crippen molar-refractivity contribution in [2.45, 2.75) is 13.8 Å². The third kappa shape index (κ3) is 3.53. The Bertz CT molecular complexity index is 918. The van der Waals surface area contributed by atoms with Crippen molar-refractivity contribution in [3.8, 4) is 17.3 Å². The van der Waals surface area contributed by atoms with E-state index in [1.165, 1.54) is 22.5 Å². The minimum absolute atomic E-state index is 0.528. The van der Waals surface area contributed by atoms with Gasteiger partial charge >= 0.3 is 0 Å². The largest absolute Gasteiger partial charge is 0.360 e. The molecule has 3 aromatic rings. The number of thiazole rings is 1. The summed E-state index contributed by atoms with van der Waals surface area (Å²) < 4.78 is 0. The maximum Gasteiger partial charge on any atom is 0.136 e. The first-order chi connectivity index (χ1) is 11.7. The Morgan fingerprint density at radius 2 is 1.92 bits per heavy atom. The summed E-state index contributed by atoms with van der Waals surface area (Å²) in [5.74, 6) is 0. The quantitative estimate of drug-likeness (QED) is 0.651. The summed E-state index contributed by atoms with van der Waals surface area (Å²) in [5, 5.41) is 15.3. The van der Waals surface area contributed by atoms with Gasteiger partial charge in [-0.05, 0) is 37.1 Å². The number of nitriles is 1. The second-order valence-electron chi connectivity index (χ2n) is 5.52. The van der Waals surface area contributed by atoms with Gasteiger partial charge in [-0.3, -0.25) is 0 Å². The fourth-order valence-electron chi connectivity index (χ4n) is 2.27. The van der Waals surface area contributed by atoms with Gasteiger partial charge in [0.25, 0.3) is 0 Å². The number of nitrogens with zero attached hydrogens (tertiary/aromatic N) is 2. The molecule has 0 bridgehead atoms. The van der Waals surface area contributed by atoms with Gasteiger partial charge in [-0.2, -0.15) is 5.26 Å². The van der Waals surface area contributed by atoms with Crippen LogP contribution in [-0.4, -0.2) is 4.98 Å². The molecule has 3 nitrogen and oxygen atoms in total. The molecule has 1 N–H and O–H groups in total. The van der Waals surface area contributed by atoms with Crippen molar-refractivity contribution in [1.29, 1.82) is 5.26 Å². The van der Waals surface area contributed by atoms with Crippen LogP contribution >= 0.6 is 11.3 Å². The second-order valence-corrected chi connectivity index (χ2v) is 6.38. The van der Waals surface area contributed by atoms with Gasteiger partial charge in [0.2, 0.25) is 0 Å². The Morgan fingerprint density at radius 3 is 2.62 bits per heavy atom. The number of hydrogen-bond donors (Lipinski definition) is 1. The number of rotatable bonds is 4. The highest BCUT2D eigenvalue weighted by molar-refractivity contribution is 7.11. The van der Waals surface area contributed by atoms with Crippen molar-refractivity contribution in [2.24, 2.45) is 0 Å². The van der Waals surface area contributed by atoms with Gasteiger partial charge in [0.1, 0.15) is 16.6 Å². The first-order valence-corrected chi connectivity index (χ1v) is 8.51. The number of hydrogen-bond acceptors (Lipinski definition) is 4. The topological polar surface area (TPSA) is 48.7 Å². The molecule has 0 saturated heterocycles. The molecule has 0 aliphatic carbocycles. The van der Waals surface area contributed by atoms with E-state index in [9.17, 15) is 5.26 Å². The number of aryl methyl sites for hydroxylation is 2. The van der Waals surface area contributed by atoms with Crippen LogP contribution in [0.1, 0.15) is 16.1 Å². The summed E-state index contributed by atoms with van der Waals surface area (Å²) in [5.41, 5.74) is 5.90. The lowest BCUT2D eigenvalue weighted by molar-refractivity contribution is 1.33. The van der Waals surface area contributed by atoms with Crippen LogP contribution in [0, 0.1) is 25.2 Å². The summed E-state index contributed by atoms with van der Waals surface area (Å²) in [7, 11) is 0. The second kappa shape index (κ2) is 7.12. The van der Waals surface area contributed by atoms with Crippen molar-refractivity contribution in [1.82, 2.24) is 4.98 Å². The monoisotopic (exact) mass is 331 g/mol. The molecule has 0 aliphatic heterocycles. The van der Waals surface area contributed by atoms with Gasteiger partial charge in [0, 0.05) is 22.8 Å². The lowest BCUT2D eigenvalue weighted by atomic mass is 10.1. The molecule has 24 heavy (non-hydrogen) atoms. The smallest absolute Gasteiger partial charge is 0.136 e. The predicted octanol–water partition coefficient (Wildman–Crippen LogP) is 5.40. The maximum absolute atomic E-state index is 9.44. The summed E-state index contributed by atoms with van der Waals surface area (Å²) >= 11 is 1.48. The van der Waals surface area contributed by atoms with Crippen molar-refractivity contribution in [2.75, 3.05) is 5.32 Å². The molecule has 118 valence electrons. The number of allylic oxidation sites excluding steroid dienone is 1. The molecule has 0 unspecified atom stereocenters. The first kappa shape index (κ1) is 16.0. The maximum atomic E-state index is 9.44. The summed E-state index contributed by atoms with van der Waals surface area (Å²) in [4.78, 5) is 4.58. The molecule has 0 saturated carbocycles. The number of benzene rings is 2. The summed E-state index contributed by atoms with van der Waals surface area (Å²) in [6, 6.07) is 18.3. The van der Waals surface area contributed by atoms with Crippen LogP contribution in [0.3, 0.4) is 0 Å². The molecule has 0 amide bonds. The minimum Gasteiger partial charge on any atom is -0.360 e. The third-order valence-corrected chi connectivity index (χ3v) is 4.69. The average Bonchev–Trinajstić information content (AvgIpc) is 3.09. The van der Waals surface area contributed by atoms with E-state index in [2.05, 4.69) is 42.4 Å². The van der Waals surface area contributed by atoms with E-state index in [0.717, 1.165) is 16.9 Å². The van der Waals surface area contributed by atoms with Gasteiger partial charge in [-0.15, -0.1) is 11.3 Å². The fourth-order valence-corrected chi connectivity index (χ4v) is 3.06. The van der Waals surface area contributed by atoms with Crippen molar-refractivity contribution < 1.29 is 0 Å². The van der Waals surface area contributed by atoms with Crippen LogP contribution in [0.15, 0.2) is 60.1 Å². The Balaban J connectivity index is 1.82. The first-order valence-electron chi connectivity index (χ1n) is 7.63. The van der Waals surface area contributed by atoms with Crippen LogP contribution in [-0.2, 0) is 0 Å². The Hall–Kier alpha value is -2.90. The number of anilines is 1. The Labute approximate surface area is 145 Å². The van der Waals surface area contributed by atoms with E-state index < -0.39 is 0 Å². The van der Waals surface area contributed by atoms with E-state index in [0.29, 0.717) is 10.6 Å². The summed E-state index contributed by atoms with van der Waals surface area (Å²) in [6.07, 6.45) is 1.72. The zero-order chi connectivity index (χ0) is 16.9. The normalized spacial score (nSPS) is 11.1. The van der Waals surface area contributed by atoms with Gasteiger partial charge in [0.15, 0.2) is 0 Å². The summed E-state index contributed by atoms with van der Waals surface area (Å²) in [6.45, 7) is 4.15. The van der Waals surface area contributed by atoms with E-state index in [4.69, 9.17) is 0 Å². The van der Waals surface area contributed by atoms with Crippen LogP contribution in [0.5, 0.6) is 0 Å². The van der Waals surface area contributed by atoms with Gasteiger partial charge < -0.3 is 5.32 Å². The van der Waals surface area contributed by atoms with E-state index in [-0.39, 0.29) is 0 Å².